The predicted molar refractivity (Wildman–Crippen MR) is 53.0 cm³/mol. The van der Waals surface area contributed by atoms with E-state index in [0.29, 0.717) is 5.02 Å². The Morgan fingerprint density at radius 3 is 2.93 bits per heavy atom. The molecule has 0 spiro atoms. The monoisotopic (exact) mass is 224 g/mol. The molecule has 0 aliphatic heterocycles. The third-order valence-electron chi connectivity index (χ3n) is 1.74. The zero-order chi connectivity index (χ0) is 10.8. The minimum atomic E-state index is -0.565. The van der Waals surface area contributed by atoms with Crippen molar-refractivity contribution in [2.75, 3.05) is 0 Å². The van der Waals surface area contributed by atoms with Crippen molar-refractivity contribution in [3.63, 3.8) is 0 Å². The summed E-state index contributed by atoms with van der Waals surface area (Å²) in [4.78, 5) is 13.8. The van der Waals surface area contributed by atoms with Gasteiger partial charge in [0.2, 0.25) is 0 Å². The topological polar surface area (TPSA) is 73.8 Å². The molecule has 2 heterocycles. The van der Waals surface area contributed by atoms with Crippen LogP contribution in [-0.4, -0.2) is 19.7 Å². The molecule has 0 amide bonds. The lowest BCUT2D eigenvalue weighted by molar-refractivity contribution is -0.389. The summed E-state index contributed by atoms with van der Waals surface area (Å²) in [7, 11) is 0. The molecule has 0 aliphatic carbocycles. The Balaban J connectivity index is 2.57. The number of aromatic nitrogens is 3. The molecule has 0 aliphatic rings. The maximum atomic E-state index is 10.7. The summed E-state index contributed by atoms with van der Waals surface area (Å²) in [6.07, 6.45) is 4.23. The number of hydrogen-bond acceptors (Lipinski definition) is 4. The Bertz CT molecular complexity index is 511. The number of halogens is 1. The van der Waals surface area contributed by atoms with E-state index in [9.17, 15) is 10.1 Å². The summed E-state index contributed by atoms with van der Waals surface area (Å²) in [5.74, 6) is -0.253. The van der Waals surface area contributed by atoms with Crippen molar-refractivity contribution in [3.8, 4) is 5.69 Å². The molecule has 15 heavy (non-hydrogen) atoms. The van der Waals surface area contributed by atoms with Gasteiger partial charge in [0.05, 0.1) is 11.2 Å². The second-order valence-corrected chi connectivity index (χ2v) is 3.14. The SMILES string of the molecule is O=[N+]([O-])c1ncccc1-n1cc(Cl)cn1. The average Bonchev–Trinajstić information content (AvgIpc) is 2.65. The summed E-state index contributed by atoms with van der Waals surface area (Å²) in [5, 5.41) is 15.0. The van der Waals surface area contributed by atoms with E-state index in [1.807, 2.05) is 0 Å². The molecule has 0 fully saturated rings. The van der Waals surface area contributed by atoms with Crippen LogP contribution in [0.4, 0.5) is 5.82 Å². The molecule has 2 rings (SSSR count). The molecular formula is C8H5ClN4O2. The fourth-order valence-electron chi connectivity index (χ4n) is 1.14. The highest BCUT2D eigenvalue weighted by atomic mass is 35.5. The summed E-state index contributed by atoms with van der Waals surface area (Å²) in [6, 6.07) is 3.15. The second kappa shape index (κ2) is 3.66. The fourth-order valence-corrected chi connectivity index (χ4v) is 1.28. The van der Waals surface area contributed by atoms with Crippen molar-refractivity contribution < 1.29 is 4.92 Å². The quantitative estimate of drug-likeness (QED) is 0.576. The van der Waals surface area contributed by atoms with E-state index in [-0.39, 0.29) is 11.5 Å². The van der Waals surface area contributed by atoms with Gasteiger partial charge in [-0.3, -0.25) is 0 Å². The van der Waals surface area contributed by atoms with Crippen LogP contribution in [0.25, 0.3) is 5.69 Å². The van der Waals surface area contributed by atoms with Crippen LogP contribution >= 0.6 is 11.6 Å². The number of pyridine rings is 1. The van der Waals surface area contributed by atoms with Crippen LogP contribution < -0.4 is 0 Å². The molecule has 0 atom stereocenters. The summed E-state index contributed by atoms with van der Waals surface area (Å²) >= 11 is 5.67. The van der Waals surface area contributed by atoms with E-state index in [1.54, 1.807) is 12.1 Å². The fraction of sp³-hybridized carbons (Fsp3) is 0. The van der Waals surface area contributed by atoms with Crippen LogP contribution in [0.1, 0.15) is 0 Å². The standard InChI is InChI=1S/C8H5ClN4O2/c9-6-4-11-12(5-6)7-2-1-3-10-8(7)13(14)15/h1-5H. The van der Waals surface area contributed by atoms with E-state index >= 15 is 0 Å². The van der Waals surface area contributed by atoms with Crippen LogP contribution in [0.15, 0.2) is 30.7 Å². The highest BCUT2D eigenvalue weighted by Crippen LogP contribution is 2.19. The molecule has 0 saturated heterocycles. The number of nitrogens with zero attached hydrogens (tertiary/aromatic N) is 4. The van der Waals surface area contributed by atoms with Gasteiger partial charge in [-0.1, -0.05) is 11.6 Å². The average molecular weight is 225 g/mol. The molecular weight excluding hydrogens is 220 g/mol. The lowest BCUT2D eigenvalue weighted by atomic mass is 10.4. The van der Waals surface area contributed by atoms with Gasteiger partial charge in [-0.25, -0.2) is 4.68 Å². The molecule has 2 aromatic heterocycles. The molecule has 6 nitrogen and oxygen atoms in total. The van der Waals surface area contributed by atoms with E-state index in [0.717, 1.165) is 0 Å². The number of rotatable bonds is 2. The number of hydrogen-bond donors (Lipinski definition) is 0. The van der Waals surface area contributed by atoms with Gasteiger partial charge < -0.3 is 10.1 Å². The van der Waals surface area contributed by atoms with Crippen molar-refractivity contribution in [2.24, 2.45) is 0 Å². The van der Waals surface area contributed by atoms with Crippen LogP contribution in [0.3, 0.4) is 0 Å². The lowest BCUT2D eigenvalue weighted by Crippen LogP contribution is -2.01. The lowest BCUT2D eigenvalue weighted by Gasteiger charge is -2.00. The second-order valence-electron chi connectivity index (χ2n) is 2.71. The van der Waals surface area contributed by atoms with E-state index < -0.39 is 4.92 Å². The third kappa shape index (κ3) is 1.79. The van der Waals surface area contributed by atoms with Crippen molar-refractivity contribution in [3.05, 3.63) is 45.9 Å². The maximum absolute atomic E-state index is 10.7. The van der Waals surface area contributed by atoms with E-state index in [2.05, 4.69) is 10.1 Å². The zero-order valence-corrected chi connectivity index (χ0v) is 8.13. The van der Waals surface area contributed by atoms with Gasteiger partial charge >= 0.3 is 5.82 Å². The molecule has 2 aromatic rings. The minimum Gasteiger partial charge on any atom is -0.358 e. The van der Waals surface area contributed by atoms with Gasteiger partial charge in [0.1, 0.15) is 6.20 Å². The van der Waals surface area contributed by atoms with Crippen molar-refractivity contribution >= 4 is 17.4 Å². The highest BCUT2D eigenvalue weighted by molar-refractivity contribution is 6.30. The molecule has 7 heteroatoms. The Morgan fingerprint density at radius 2 is 2.33 bits per heavy atom. The normalized spacial score (nSPS) is 10.2. The molecule has 0 saturated carbocycles. The van der Waals surface area contributed by atoms with Crippen molar-refractivity contribution in [2.45, 2.75) is 0 Å². The van der Waals surface area contributed by atoms with Crippen LogP contribution in [0, 0.1) is 10.1 Å². The number of nitro groups is 1. The first kappa shape index (κ1) is 9.60. The first-order valence-corrected chi connectivity index (χ1v) is 4.36. The Kier molecular flexibility index (Phi) is 2.34. The molecule has 76 valence electrons. The van der Waals surface area contributed by atoms with Crippen LogP contribution in [0.5, 0.6) is 0 Å². The van der Waals surface area contributed by atoms with Crippen molar-refractivity contribution in [1.29, 1.82) is 0 Å². The molecule has 0 unspecified atom stereocenters. The smallest absolute Gasteiger partial charge is 0.358 e. The summed E-state index contributed by atoms with van der Waals surface area (Å²) < 4.78 is 1.31. The van der Waals surface area contributed by atoms with Crippen molar-refractivity contribution in [1.82, 2.24) is 14.8 Å². The van der Waals surface area contributed by atoms with Crippen LogP contribution in [0.2, 0.25) is 5.02 Å². The Hall–Kier alpha value is -1.95. The molecule has 0 radical (unpaired) electrons. The Morgan fingerprint density at radius 1 is 1.53 bits per heavy atom. The van der Waals surface area contributed by atoms with Gasteiger partial charge in [0, 0.05) is 6.20 Å². The van der Waals surface area contributed by atoms with Crippen LogP contribution in [-0.2, 0) is 0 Å². The summed E-state index contributed by atoms with van der Waals surface area (Å²) in [6.45, 7) is 0. The zero-order valence-electron chi connectivity index (χ0n) is 7.37. The van der Waals surface area contributed by atoms with Gasteiger partial charge in [0.25, 0.3) is 0 Å². The summed E-state index contributed by atoms with van der Waals surface area (Å²) in [5.41, 5.74) is 0.286. The first-order chi connectivity index (χ1) is 7.18. The van der Waals surface area contributed by atoms with Gasteiger partial charge in [-0.05, 0) is 22.0 Å². The third-order valence-corrected chi connectivity index (χ3v) is 1.93. The first-order valence-electron chi connectivity index (χ1n) is 3.98. The van der Waals surface area contributed by atoms with Gasteiger partial charge in [-0.15, -0.1) is 0 Å². The minimum absolute atomic E-state index is 0.253. The maximum Gasteiger partial charge on any atom is 0.389 e. The van der Waals surface area contributed by atoms with E-state index in [1.165, 1.54) is 23.3 Å². The van der Waals surface area contributed by atoms with Gasteiger partial charge in [0.15, 0.2) is 5.69 Å². The predicted octanol–water partition coefficient (Wildman–Crippen LogP) is 1.83. The van der Waals surface area contributed by atoms with E-state index in [4.69, 9.17) is 11.6 Å². The van der Waals surface area contributed by atoms with Gasteiger partial charge in [-0.2, -0.15) is 5.10 Å². The highest BCUT2D eigenvalue weighted by Gasteiger charge is 2.16. The molecule has 0 aromatic carbocycles. The largest absolute Gasteiger partial charge is 0.389 e. The molecule has 0 bridgehead atoms. The molecule has 0 N–H and O–H groups in total. The Labute approximate surface area is 89.3 Å².